The van der Waals surface area contributed by atoms with Gasteiger partial charge in [0.05, 0.1) is 29.3 Å². The van der Waals surface area contributed by atoms with Crippen LogP contribution in [0.25, 0.3) is 16.7 Å². The van der Waals surface area contributed by atoms with E-state index in [4.69, 9.17) is 0 Å². The van der Waals surface area contributed by atoms with Gasteiger partial charge in [0.15, 0.2) is 5.16 Å². The third-order valence-corrected chi connectivity index (χ3v) is 6.97. The molecule has 2 aromatic heterocycles. The quantitative estimate of drug-likeness (QED) is 0.445. The molecule has 0 aliphatic heterocycles. The lowest BCUT2D eigenvalue weighted by Crippen LogP contribution is -2.45. The minimum atomic E-state index is -0.757. The maximum Gasteiger partial charge on any atom is 0.263 e. The van der Waals surface area contributed by atoms with Crippen molar-refractivity contribution in [3.63, 3.8) is 0 Å². The molecule has 4 aromatic rings. The summed E-state index contributed by atoms with van der Waals surface area (Å²) in [6, 6.07) is 19.3. The van der Waals surface area contributed by atoms with Crippen LogP contribution in [0.15, 0.2) is 64.5 Å². The van der Waals surface area contributed by atoms with Gasteiger partial charge in [-0.2, -0.15) is 5.26 Å². The number of aromatic nitrogens is 4. The molecule has 0 saturated heterocycles. The van der Waals surface area contributed by atoms with Crippen LogP contribution < -0.4 is 10.9 Å². The number of nitrogens with one attached hydrogen (secondary N) is 1. The molecular formula is C24H22N6O2S. The van der Waals surface area contributed by atoms with E-state index in [1.807, 2.05) is 52.9 Å². The zero-order valence-electron chi connectivity index (χ0n) is 17.9. The first-order valence-electron chi connectivity index (χ1n) is 10.9. The van der Waals surface area contributed by atoms with Crippen LogP contribution in [0.3, 0.4) is 0 Å². The van der Waals surface area contributed by atoms with Gasteiger partial charge in [-0.3, -0.25) is 18.6 Å². The van der Waals surface area contributed by atoms with E-state index >= 15 is 0 Å². The van der Waals surface area contributed by atoms with Crippen LogP contribution in [-0.2, 0) is 11.3 Å². The molecule has 1 saturated carbocycles. The summed E-state index contributed by atoms with van der Waals surface area (Å²) in [5.41, 5.74) is 0.777. The van der Waals surface area contributed by atoms with Gasteiger partial charge in [0.2, 0.25) is 11.7 Å². The highest BCUT2D eigenvalue weighted by Crippen LogP contribution is 2.29. The number of para-hydroxylation sites is 1. The molecule has 5 rings (SSSR count). The average Bonchev–Trinajstić information content (AvgIpc) is 3.49. The lowest BCUT2D eigenvalue weighted by Gasteiger charge is -2.21. The SMILES string of the molecule is N#CC1(NC(=O)CSc2nnc3n(Cc4ccccc4)c(=O)c4ccccc4n23)CCCC1. The Labute approximate surface area is 194 Å². The third kappa shape index (κ3) is 3.98. The Morgan fingerprint density at radius 2 is 1.82 bits per heavy atom. The monoisotopic (exact) mass is 458 g/mol. The molecule has 0 unspecified atom stereocenters. The van der Waals surface area contributed by atoms with E-state index in [2.05, 4.69) is 21.6 Å². The normalized spacial score (nSPS) is 15.0. The van der Waals surface area contributed by atoms with Gasteiger partial charge in [-0.05, 0) is 43.4 Å². The van der Waals surface area contributed by atoms with Gasteiger partial charge in [0.25, 0.3) is 5.56 Å². The van der Waals surface area contributed by atoms with E-state index in [0.29, 0.717) is 41.2 Å². The number of hydrogen-bond acceptors (Lipinski definition) is 6. The van der Waals surface area contributed by atoms with Crippen molar-refractivity contribution in [2.75, 3.05) is 5.75 Å². The molecule has 1 fully saturated rings. The summed E-state index contributed by atoms with van der Waals surface area (Å²) in [6.07, 6.45) is 3.26. The number of rotatable bonds is 6. The van der Waals surface area contributed by atoms with Crippen molar-refractivity contribution in [2.45, 2.75) is 42.9 Å². The van der Waals surface area contributed by atoms with Gasteiger partial charge >= 0.3 is 0 Å². The summed E-state index contributed by atoms with van der Waals surface area (Å²) in [5.74, 6) is 0.327. The summed E-state index contributed by atoms with van der Waals surface area (Å²) in [4.78, 5) is 25.9. The molecule has 0 spiro atoms. The van der Waals surface area contributed by atoms with Gasteiger partial charge in [0, 0.05) is 0 Å². The predicted molar refractivity (Wildman–Crippen MR) is 126 cm³/mol. The minimum Gasteiger partial charge on any atom is -0.337 e. The number of nitrogens with zero attached hydrogens (tertiary/aromatic N) is 5. The van der Waals surface area contributed by atoms with Gasteiger partial charge in [-0.25, -0.2) is 0 Å². The molecule has 0 bridgehead atoms. The van der Waals surface area contributed by atoms with Gasteiger partial charge < -0.3 is 5.32 Å². The average molecular weight is 459 g/mol. The molecule has 2 heterocycles. The van der Waals surface area contributed by atoms with E-state index in [-0.39, 0.29) is 17.2 Å². The minimum absolute atomic E-state index is 0.108. The van der Waals surface area contributed by atoms with Crippen LogP contribution in [0.2, 0.25) is 0 Å². The van der Waals surface area contributed by atoms with Crippen LogP contribution in [0, 0.1) is 11.3 Å². The second kappa shape index (κ2) is 8.71. The van der Waals surface area contributed by atoms with E-state index in [1.54, 1.807) is 10.6 Å². The van der Waals surface area contributed by atoms with E-state index in [1.165, 1.54) is 11.8 Å². The molecule has 166 valence electrons. The van der Waals surface area contributed by atoms with Gasteiger partial charge in [-0.1, -0.05) is 54.2 Å². The van der Waals surface area contributed by atoms with Crippen molar-refractivity contribution in [1.29, 1.82) is 5.26 Å². The van der Waals surface area contributed by atoms with Crippen molar-refractivity contribution in [3.05, 3.63) is 70.5 Å². The fraction of sp³-hybridized carbons (Fsp3) is 0.292. The first-order valence-corrected chi connectivity index (χ1v) is 11.8. The van der Waals surface area contributed by atoms with Crippen LogP contribution >= 0.6 is 11.8 Å². The lowest BCUT2D eigenvalue weighted by atomic mass is 10.0. The number of carbonyl (C=O) groups is 1. The zero-order valence-corrected chi connectivity index (χ0v) is 18.7. The topological polar surface area (TPSA) is 105 Å². The number of nitriles is 1. The van der Waals surface area contributed by atoms with Crippen molar-refractivity contribution in [2.24, 2.45) is 0 Å². The Bertz CT molecular complexity index is 1430. The van der Waals surface area contributed by atoms with Gasteiger partial charge in [-0.15, -0.1) is 10.2 Å². The lowest BCUT2D eigenvalue weighted by molar-refractivity contribution is -0.119. The first kappa shape index (κ1) is 21.2. The highest BCUT2D eigenvalue weighted by molar-refractivity contribution is 7.99. The van der Waals surface area contributed by atoms with Crippen LogP contribution in [0.5, 0.6) is 0 Å². The second-order valence-electron chi connectivity index (χ2n) is 8.25. The van der Waals surface area contributed by atoms with E-state index in [9.17, 15) is 14.9 Å². The number of carbonyl (C=O) groups excluding carboxylic acids is 1. The van der Waals surface area contributed by atoms with E-state index in [0.717, 1.165) is 18.4 Å². The summed E-state index contributed by atoms with van der Waals surface area (Å²) in [7, 11) is 0. The van der Waals surface area contributed by atoms with Crippen molar-refractivity contribution >= 4 is 34.3 Å². The standard InChI is InChI=1S/C24H22N6O2S/c25-16-24(12-6-7-13-24)26-20(31)15-33-23-28-27-22-29(14-17-8-2-1-3-9-17)21(32)18-10-4-5-11-19(18)30(22)23/h1-5,8-11H,6-7,12-15H2,(H,26,31). The maximum atomic E-state index is 13.3. The number of fused-ring (bicyclic) bond motifs is 3. The fourth-order valence-corrected chi connectivity index (χ4v) is 5.15. The Morgan fingerprint density at radius 3 is 2.58 bits per heavy atom. The maximum absolute atomic E-state index is 13.3. The zero-order chi connectivity index (χ0) is 22.8. The van der Waals surface area contributed by atoms with Crippen molar-refractivity contribution in [1.82, 2.24) is 24.5 Å². The molecule has 1 aliphatic rings. The molecule has 1 N–H and O–H groups in total. The van der Waals surface area contributed by atoms with Crippen molar-refractivity contribution < 1.29 is 4.79 Å². The molecule has 1 amide bonds. The number of benzene rings is 2. The van der Waals surface area contributed by atoms with Crippen molar-refractivity contribution in [3.8, 4) is 6.07 Å². The molecule has 9 heteroatoms. The highest BCUT2D eigenvalue weighted by Gasteiger charge is 2.35. The fourth-order valence-electron chi connectivity index (χ4n) is 4.41. The Hall–Kier alpha value is -3.64. The number of amides is 1. The van der Waals surface area contributed by atoms with Gasteiger partial charge in [0.1, 0.15) is 5.54 Å². The third-order valence-electron chi connectivity index (χ3n) is 6.04. The van der Waals surface area contributed by atoms with Crippen LogP contribution in [0.1, 0.15) is 31.2 Å². The number of thioether (sulfide) groups is 1. The molecule has 0 atom stereocenters. The molecule has 0 radical (unpaired) electrons. The first-order chi connectivity index (χ1) is 16.1. The molecular weight excluding hydrogens is 436 g/mol. The Kier molecular flexibility index (Phi) is 5.60. The predicted octanol–water partition coefficient (Wildman–Crippen LogP) is 3.14. The van der Waals surface area contributed by atoms with Crippen LogP contribution in [0.4, 0.5) is 0 Å². The smallest absolute Gasteiger partial charge is 0.263 e. The summed E-state index contributed by atoms with van der Waals surface area (Å²) < 4.78 is 3.44. The largest absolute Gasteiger partial charge is 0.337 e. The Balaban J connectivity index is 1.50. The summed E-state index contributed by atoms with van der Waals surface area (Å²) in [5, 5.41) is 22.1. The van der Waals surface area contributed by atoms with Crippen LogP contribution in [-0.4, -0.2) is 36.4 Å². The summed E-state index contributed by atoms with van der Waals surface area (Å²) >= 11 is 1.25. The van der Waals surface area contributed by atoms with E-state index < -0.39 is 5.54 Å². The molecule has 33 heavy (non-hydrogen) atoms. The molecule has 8 nitrogen and oxygen atoms in total. The highest BCUT2D eigenvalue weighted by atomic mass is 32.2. The Morgan fingerprint density at radius 1 is 1.09 bits per heavy atom. The molecule has 2 aromatic carbocycles. The molecule has 1 aliphatic carbocycles. The second-order valence-corrected chi connectivity index (χ2v) is 9.19. The summed E-state index contributed by atoms with van der Waals surface area (Å²) in [6.45, 7) is 0.363. The number of hydrogen-bond donors (Lipinski definition) is 1.